The molecule has 0 atom stereocenters. The topological polar surface area (TPSA) is 65.8 Å². The second kappa shape index (κ2) is 8.66. The third kappa shape index (κ3) is 3.87. The Morgan fingerprint density at radius 3 is 2.65 bits per heavy atom. The van der Waals surface area contributed by atoms with Crippen LogP contribution in [0.15, 0.2) is 47.8 Å². The van der Waals surface area contributed by atoms with E-state index in [1.165, 1.54) is 5.56 Å². The number of ether oxygens (including phenoxy) is 3. The maximum Gasteiger partial charge on any atom is 0.290 e. The van der Waals surface area contributed by atoms with Gasteiger partial charge in [0.15, 0.2) is 17.3 Å². The van der Waals surface area contributed by atoms with Crippen molar-refractivity contribution in [2.75, 3.05) is 21.0 Å². The molecule has 7 nitrogen and oxygen atoms in total. The zero-order valence-electron chi connectivity index (χ0n) is 21.6. The van der Waals surface area contributed by atoms with Crippen LogP contribution in [0.25, 0.3) is 33.0 Å². The summed E-state index contributed by atoms with van der Waals surface area (Å²) >= 11 is 1.63. The van der Waals surface area contributed by atoms with E-state index in [9.17, 15) is 4.79 Å². The summed E-state index contributed by atoms with van der Waals surface area (Å²) in [7, 11) is 3.54. The van der Waals surface area contributed by atoms with Crippen LogP contribution < -0.4 is 14.2 Å². The number of hydrogen-bond acceptors (Lipinski definition) is 6. The van der Waals surface area contributed by atoms with Gasteiger partial charge in [0.25, 0.3) is 5.91 Å². The predicted molar refractivity (Wildman–Crippen MR) is 145 cm³/mol. The summed E-state index contributed by atoms with van der Waals surface area (Å²) in [6, 6.07) is 14.3. The summed E-state index contributed by atoms with van der Waals surface area (Å²) in [5.74, 6) is 2.66. The standard InChI is InChI=1S/C29H29N3O4S/c1-29(2,3)31(4)28(33)27-30-25(24-7-6-12-37-24)26-20-15-19(17-8-9-21-23(14-17)36-16-35-21)22(34-5)13-18(20)10-11-32(26)27/h6-9,12-15H,10-11,16H2,1-5H3. The minimum Gasteiger partial charge on any atom is -0.496 e. The van der Waals surface area contributed by atoms with E-state index >= 15 is 0 Å². The molecule has 0 fully saturated rings. The molecule has 0 radical (unpaired) electrons. The highest BCUT2D eigenvalue weighted by molar-refractivity contribution is 7.13. The summed E-state index contributed by atoms with van der Waals surface area (Å²) in [5.41, 5.74) is 5.65. The number of hydrogen-bond donors (Lipinski definition) is 0. The molecule has 0 N–H and O–H groups in total. The summed E-state index contributed by atoms with van der Waals surface area (Å²) < 4.78 is 19.1. The number of methoxy groups -OCH3 is 1. The van der Waals surface area contributed by atoms with Crippen molar-refractivity contribution in [1.29, 1.82) is 0 Å². The quantitative estimate of drug-likeness (QED) is 0.328. The molecule has 0 spiro atoms. The van der Waals surface area contributed by atoms with Gasteiger partial charge in [0, 0.05) is 30.3 Å². The maximum absolute atomic E-state index is 13.7. The fourth-order valence-corrected chi connectivity index (χ4v) is 5.60. The highest BCUT2D eigenvalue weighted by Crippen LogP contribution is 2.45. The molecule has 0 saturated carbocycles. The van der Waals surface area contributed by atoms with Crippen molar-refractivity contribution >= 4 is 17.2 Å². The van der Waals surface area contributed by atoms with Gasteiger partial charge in [0.1, 0.15) is 11.4 Å². The molecule has 8 heteroatoms. The Kier molecular flexibility index (Phi) is 5.53. The summed E-state index contributed by atoms with van der Waals surface area (Å²) in [4.78, 5) is 21.4. The highest BCUT2D eigenvalue weighted by Gasteiger charge is 2.33. The number of imidazole rings is 1. The van der Waals surface area contributed by atoms with Crippen molar-refractivity contribution in [3.63, 3.8) is 0 Å². The molecular weight excluding hydrogens is 486 g/mol. The third-order valence-electron chi connectivity index (χ3n) is 7.19. The van der Waals surface area contributed by atoms with E-state index < -0.39 is 0 Å². The lowest BCUT2D eigenvalue weighted by Crippen LogP contribution is -2.43. The number of nitrogens with zero attached hydrogens (tertiary/aromatic N) is 3. The SMILES string of the molecule is COc1cc2c(cc1-c1ccc3c(c1)OCO3)-c1c(-c3cccs3)nc(C(=O)N(C)C(C)(C)C)n1CC2. The van der Waals surface area contributed by atoms with Crippen molar-refractivity contribution in [2.24, 2.45) is 0 Å². The molecule has 0 unspecified atom stereocenters. The Labute approximate surface area is 220 Å². The Bertz CT molecular complexity index is 1520. The van der Waals surface area contributed by atoms with Gasteiger partial charge in [-0.15, -0.1) is 11.3 Å². The molecule has 4 heterocycles. The lowest BCUT2D eigenvalue weighted by atomic mass is 9.91. The average Bonchev–Trinajstić information content (AvgIpc) is 3.65. The monoisotopic (exact) mass is 515 g/mol. The van der Waals surface area contributed by atoms with Crippen molar-refractivity contribution in [3.05, 3.63) is 59.2 Å². The van der Waals surface area contributed by atoms with Crippen LogP contribution in [0.4, 0.5) is 0 Å². The lowest BCUT2D eigenvalue weighted by Gasteiger charge is -2.32. The van der Waals surface area contributed by atoms with Gasteiger partial charge in [-0.3, -0.25) is 4.79 Å². The molecule has 0 saturated heterocycles. The van der Waals surface area contributed by atoms with Crippen LogP contribution in [-0.2, 0) is 13.0 Å². The first-order valence-corrected chi connectivity index (χ1v) is 13.2. The van der Waals surface area contributed by atoms with E-state index in [2.05, 4.69) is 22.8 Å². The second-order valence-corrected chi connectivity index (χ2v) is 11.3. The Morgan fingerprint density at radius 1 is 1.11 bits per heavy atom. The van der Waals surface area contributed by atoms with E-state index in [0.29, 0.717) is 12.4 Å². The van der Waals surface area contributed by atoms with Gasteiger partial charge in [-0.05, 0) is 74.0 Å². The minimum atomic E-state index is -0.320. The molecule has 0 aliphatic carbocycles. The largest absolute Gasteiger partial charge is 0.496 e. The zero-order valence-corrected chi connectivity index (χ0v) is 22.4. The minimum absolute atomic E-state index is 0.0792. The van der Waals surface area contributed by atoms with Crippen LogP contribution >= 0.6 is 11.3 Å². The number of carbonyl (C=O) groups excluding carboxylic acids is 1. The van der Waals surface area contributed by atoms with Gasteiger partial charge < -0.3 is 23.7 Å². The van der Waals surface area contributed by atoms with Gasteiger partial charge in [0.05, 0.1) is 17.7 Å². The number of aromatic nitrogens is 2. The van der Waals surface area contributed by atoms with E-state index in [1.807, 2.05) is 57.5 Å². The van der Waals surface area contributed by atoms with Crippen molar-refractivity contribution in [3.8, 4) is 50.2 Å². The predicted octanol–water partition coefficient (Wildman–Crippen LogP) is 6.11. The van der Waals surface area contributed by atoms with Crippen molar-refractivity contribution in [1.82, 2.24) is 14.5 Å². The highest BCUT2D eigenvalue weighted by atomic mass is 32.1. The van der Waals surface area contributed by atoms with E-state index in [1.54, 1.807) is 23.3 Å². The molecule has 2 aliphatic heterocycles. The first kappa shape index (κ1) is 23.6. The fourth-order valence-electron chi connectivity index (χ4n) is 4.89. The molecular formula is C29H29N3O4S. The molecule has 6 rings (SSSR count). The van der Waals surface area contributed by atoms with E-state index in [4.69, 9.17) is 19.2 Å². The molecule has 4 aromatic rings. The van der Waals surface area contributed by atoms with Crippen LogP contribution in [0.1, 0.15) is 37.0 Å². The molecule has 1 amide bonds. The van der Waals surface area contributed by atoms with Gasteiger partial charge in [0.2, 0.25) is 6.79 Å². The molecule has 37 heavy (non-hydrogen) atoms. The van der Waals surface area contributed by atoms with Crippen LogP contribution in [0.2, 0.25) is 0 Å². The lowest BCUT2D eigenvalue weighted by molar-refractivity contribution is 0.0638. The van der Waals surface area contributed by atoms with Gasteiger partial charge >= 0.3 is 0 Å². The molecule has 0 bridgehead atoms. The summed E-state index contributed by atoms with van der Waals surface area (Å²) in [6.07, 6.45) is 0.778. The number of aryl methyl sites for hydroxylation is 1. The number of benzene rings is 2. The summed E-state index contributed by atoms with van der Waals surface area (Å²) in [6.45, 7) is 6.99. The first-order chi connectivity index (χ1) is 17.8. The Hall–Kier alpha value is -3.78. The summed E-state index contributed by atoms with van der Waals surface area (Å²) in [5, 5.41) is 2.04. The van der Waals surface area contributed by atoms with Crippen molar-refractivity contribution in [2.45, 2.75) is 39.3 Å². The Morgan fingerprint density at radius 2 is 1.92 bits per heavy atom. The maximum atomic E-state index is 13.7. The van der Waals surface area contributed by atoms with Crippen LogP contribution in [-0.4, -0.2) is 46.8 Å². The van der Waals surface area contributed by atoms with Crippen LogP contribution in [0, 0.1) is 0 Å². The average molecular weight is 516 g/mol. The van der Waals surface area contributed by atoms with Gasteiger partial charge in [-0.25, -0.2) is 4.98 Å². The zero-order chi connectivity index (χ0) is 25.9. The van der Waals surface area contributed by atoms with E-state index in [0.717, 1.165) is 56.6 Å². The molecule has 2 aromatic heterocycles. The first-order valence-electron chi connectivity index (χ1n) is 12.3. The number of rotatable bonds is 4. The van der Waals surface area contributed by atoms with E-state index in [-0.39, 0.29) is 18.2 Å². The fraction of sp³-hybridized carbons (Fsp3) is 0.310. The number of carbonyl (C=O) groups is 1. The Balaban J connectivity index is 1.56. The van der Waals surface area contributed by atoms with Crippen molar-refractivity contribution < 1.29 is 19.0 Å². The number of amides is 1. The number of thiophene rings is 1. The number of fused-ring (bicyclic) bond motifs is 4. The van der Waals surface area contributed by atoms with Gasteiger partial charge in [-0.2, -0.15) is 0 Å². The third-order valence-corrected chi connectivity index (χ3v) is 8.07. The molecule has 190 valence electrons. The van der Waals surface area contributed by atoms with Crippen LogP contribution in [0.3, 0.4) is 0 Å². The smallest absolute Gasteiger partial charge is 0.290 e. The molecule has 2 aromatic carbocycles. The normalized spacial score (nSPS) is 13.8. The second-order valence-electron chi connectivity index (χ2n) is 10.3. The van der Waals surface area contributed by atoms with Crippen LogP contribution in [0.5, 0.6) is 17.2 Å². The molecule has 2 aliphatic rings. The van der Waals surface area contributed by atoms with Gasteiger partial charge in [-0.1, -0.05) is 12.1 Å².